The Morgan fingerprint density at radius 2 is 1.92 bits per heavy atom. The highest BCUT2D eigenvalue weighted by molar-refractivity contribution is 5.92. The van der Waals surface area contributed by atoms with Gasteiger partial charge in [-0.25, -0.2) is 4.98 Å². The van der Waals surface area contributed by atoms with Gasteiger partial charge in [-0.1, -0.05) is 18.2 Å². The maximum absolute atomic E-state index is 12.4. The molecular weight excluding hydrogens is 330 g/mol. The van der Waals surface area contributed by atoms with Gasteiger partial charge in [-0.15, -0.1) is 0 Å². The second-order valence-corrected chi connectivity index (χ2v) is 6.23. The van der Waals surface area contributed by atoms with Crippen LogP contribution in [0, 0.1) is 0 Å². The lowest BCUT2D eigenvalue weighted by molar-refractivity contribution is 0.0706. The maximum atomic E-state index is 12.4. The van der Waals surface area contributed by atoms with Crippen LogP contribution in [0.5, 0.6) is 11.6 Å². The zero-order chi connectivity index (χ0) is 17.8. The molecule has 1 N–H and O–H groups in total. The summed E-state index contributed by atoms with van der Waals surface area (Å²) >= 11 is 0. The third kappa shape index (κ3) is 3.56. The Bertz CT molecular complexity index is 859. The molecule has 4 rings (SSSR count). The minimum absolute atomic E-state index is 0.00630. The molecule has 1 aliphatic heterocycles. The number of carbonyl (C=O) groups is 1. The second-order valence-electron chi connectivity index (χ2n) is 6.23. The van der Waals surface area contributed by atoms with E-state index in [-0.39, 0.29) is 11.8 Å². The van der Waals surface area contributed by atoms with Crippen LogP contribution in [0.15, 0.2) is 55.0 Å². The third-order valence-corrected chi connectivity index (χ3v) is 4.53. The fraction of sp³-hybridized carbons (Fsp3) is 0.263. The summed E-state index contributed by atoms with van der Waals surface area (Å²) in [5.74, 6) is 1.49. The van der Waals surface area contributed by atoms with Gasteiger partial charge in [-0.2, -0.15) is 5.10 Å². The molecule has 1 aliphatic rings. The van der Waals surface area contributed by atoms with E-state index in [2.05, 4.69) is 20.2 Å². The Balaban J connectivity index is 1.40. The Morgan fingerprint density at radius 1 is 1.12 bits per heavy atom. The van der Waals surface area contributed by atoms with E-state index in [1.165, 1.54) is 0 Å². The van der Waals surface area contributed by atoms with Gasteiger partial charge in [0.25, 0.3) is 5.91 Å². The molecule has 1 fully saturated rings. The van der Waals surface area contributed by atoms with Crippen molar-refractivity contribution in [3.05, 3.63) is 66.4 Å². The van der Waals surface area contributed by atoms with Crippen LogP contribution < -0.4 is 4.74 Å². The Kier molecular flexibility index (Phi) is 4.59. The molecule has 7 nitrogen and oxygen atoms in total. The van der Waals surface area contributed by atoms with Crippen LogP contribution >= 0.6 is 0 Å². The molecule has 1 aromatic carbocycles. The standard InChI is InChI=1S/C19H19N5O2/c25-19(16-6-9-21-23-16)24-10-7-14(8-11-24)17-12-20-13-18(22-17)26-15-4-2-1-3-5-15/h1-6,9,12-14H,7-8,10-11H2,(H,21,23). The largest absolute Gasteiger partial charge is 0.437 e. The van der Waals surface area contributed by atoms with Crippen molar-refractivity contribution in [2.75, 3.05) is 13.1 Å². The second kappa shape index (κ2) is 7.35. The van der Waals surface area contributed by atoms with Crippen molar-refractivity contribution in [3.8, 4) is 11.6 Å². The average molecular weight is 349 g/mol. The van der Waals surface area contributed by atoms with Gasteiger partial charge in [0, 0.05) is 31.4 Å². The number of likely N-dealkylation sites (tertiary alicyclic amines) is 1. The topological polar surface area (TPSA) is 84.0 Å². The van der Waals surface area contributed by atoms with E-state index in [0.29, 0.717) is 24.7 Å². The zero-order valence-corrected chi connectivity index (χ0v) is 14.2. The summed E-state index contributed by atoms with van der Waals surface area (Å²) in [4.78, 5) is 23.1. The molecule has 0 unspecified atom stereocenters. The molecule has 0 bridgehead atoms. The number of nitrogens with one attached hydrogen (secondary N) is 1. The first-order valence-corrected chi connectivity index (χ1v) is 8.63. The van der Waals surface area contributed by atoms with Crippen molar-refractivity contribution in [2.45, 2.75) is 18.8 Å². The molecule has 3 heterocycles. The lowest BCUT2D eigenvalue weighted by atomic mass is 9.93. The van der Waals surface area contributed by atoms with E-state index in [0.717, 1.165) is 24.3 Å². The number of para-hydroxylation sites is 1. The fourth-order valence-corrected chi connectivity index (χ4v) is 3.14. The molecule has 1 amide bonds. The van der Waals surface area contributed by atoms with E-state index in [1.807, 2.05) is 35.2 Å². The molecular formula is C19H19N5O2. The lowest BCUT2D eigenvalue weighted by Crippen LogP contribution is -2.38. The van der Waals surface area contributed by atoms with Gasteiger partial charge in [-0.05, 0) is 31.0 Å². The van der Waals surface area contributed by atoms with Crippen LogP contribution in [0.4, 0.5) is 0 Å². The van der Waals surface area contributed by atoms with Crippen molar-refractivity contribution in [1.29, 1.82) is 0 Å². The van der Waals surface area contributed by atoms with Crippen LogP contribution in [-0.2, 0) is 0 Å². The van der Waals surface area contributed by atoms with Gasteiger partial charge in [0.1, 0.15) is 11.4 Å². The van der Waals surface area contributed by atoms with Gasteiger partial charge in [-0.3, -0.25) is 14.9 Å². The summed E-state index contributed by atoms with van der Waals surface area (Å²) in [5.41, 5.74) is 1.44. The number of piperidine rings is 1. The number of hydrogen-bond acceptors (Lipinski definition) is 5. The molecule has 26 heavy (non-hydrogen) atoms. The number of aromatic amines is 1. The van der Waals surface area contributed by atoms with Crippen molar-refractivity contribution in [1.82, 2.24) is 25.1 Å². The summed E-state index contributed by atoms with van der Waals surface area (Å²) in [6, 6.07) is 11.2. The number of nitrogens with zero attached hydrogens (tertiary/aromatic N) is 4. The van der Waals surface area contributed by atoms with E-state index in [1.54, 1.807) is 24.7 Å². The zero-order valence-electron chi connectivity index (χ0n) is 14.2. The number of hydrogen-bond donors (Lipinski definition) is 1. The fourth-order valence-electron chi connectivity index (χ4n) is 3.14. The molecule has 1 saturated heterocycles. The molecule has 0 spiro atoms. The number of ether oxygens (including phenoxy) is 1. The Labute approximate surface area is 151 Å². The van der Waals surface area contributed by atoms with Crippen LogP contribution in [0.2, 0.25) is 0 Å². The predicted octanol–water partition coefficient (Wildman–Crippen LogP) is 3.01. The van der Waals surface area contributed by atoms with Crippen molar-refractivity contribution in [2.24, 2.45) is 0 Å². The van der Waals surface area contributed by atoms with E-state index in [9.17, 15) is 4.79 Å². The minimum Gasteiger partial charge on any atom is -0.437 e. The number of amides is 1. The van der Waals surface area contributed by atoms with Gasteiger partial charge in [0.2, 0.25) is 5.88 Å². The van der Waals surface area contributed by atoms with Gasteiger partial charge in [0.15, 0.2) is 0 Å². The highest BCUT2D eigenvalue weighted by Gasteiger charge is 2.26. The summed E-state index contributed by atoms with van der Waals surface area (Å²) in [5, 5.41) is 6.57. The van der Waals surface area contributed by atoms with E-state index >= 15 is 0 Å². The average Bonchev–Trinajstić information content (AvgIpc) is 3.23. The van der Waals surface area contributed by atoms with Crippen molar-refractivity contribution in [3.63, 3.8) is 0 Å². The molecule has 0 atom stereocenters. The maximum Gasteiger partial charge on any atom is 0.271 e. The Morgan fingerprint density at radius 3 is 2.65 bits per heavy atom. The first-order valence-electron chi connectivity index (χ1n) is 8.63. The SMILES string of the molecule is O=C(c1ccn[nH]1)N1CCC(c2cncc(Oc3ccccc3)n2)CC1. The normalized spacial score (nSPS) is 15.0. The summed E-state index contributed by atoms with van der Waals surface area (Å²) in [7, 11) is 0. The molecule has 3 aromatic rings. The highest BCUT2D eigenvalue weighted by Crippen LogP contribution is 2.28. The lowest BCUT2D eigenvalue weighted by Gasteiger charge is -2.31. The first-order chi connectivity index (χ1) is 12.8. The first kappa shape index (κ1) is 16.3. The molecule has 0 radical (unpaired) electrons. The van der Waals surface area contributed by atoms with Crippen molar-refractivity contribution < 1.29 is 9.53 Å². The minimum atomic E-state index is -0.00630. The molecule has 7 heteroatoms. The molecule has 2 aromatic heterocycles. The van der Waals surface area contributed by atoms with Gasteiger partial charge >= 0.3 is 0 Å². The molecule has 0 aliphatic carbocycles. The number of benzene rings is 1. The summed E-state index contributed by atoms with van der Waals surface area (Å²) in [6.07, 6.45) is 6.70. The third-order valence-electron chi connectivity index (χ3n) is 4.53. The van der Waals surface area contributed by atoms with Crippen LogP contribution in [0.25, 0.3) is 0 Å². The molecule has 0 saturated carbocycles. The predicted molar refractivity (Wildman–Crippen MR) is 95.0 cm³/mol. The quantitative estimate of drug-likeness (QED) is 0.783. The van der Waals surface area contributed by atoms with Gasteiger partial charge < -0.3 is 9.64 Å². The number of carbonyl (C=O) groups excluding carboxylic acids is 1. The van der Waals surface area contributed by atoms with Crippen LogP contribution in [0.1, 0.15) is 34.9 Å². The monoisotopic (exact) mass is 349 g/mol. The summed E-state index contributed by atoms with van der Waals surface area (Å²) in [6.45, 7) is 1.38. The van der Waals surface area contributed by atoms with E-state index in [4.69, 9.17) is 4.74 Å². The highest BCUT2D eigenvalue weighted by atomic mass is 16.5. The van der Waals surface area contributed by atoms with E-state index < -0.39 is 0 Å². The number of aromatic nitrogens is 4. The smallest absolute Gasteiger partial charge is 0.271 e. The Hall–Kier alpha value is -3.22. The number of rotatable bonds is 4. The molecule has 132 valence electrons. The number of H-pyrrole nitrogens is 1. The summed E-state index contributed by atoms with van der Waals surface area (Å²) < 4.78 is 5.77. The van der Waals surface area contributed by atoms with Crippen LogP contribution in [-0.4, -0.2) is 44.1 Å². The van der Waals surface area contributed by atoms with Crippen LogP contribution in [0.3, 0.4) is 0 Å². The van der Waals surface area contributed by atoms with Gasteiger partial charge in [0.05, 0.1) is 11.9 Å². The van der Waals surface area contributed by atoms with Crippen molar-refractivity contribution >= 4 is 5.91 Å².